The quantitative estimate of drug-likeness (QED) is 0.905. The van der Waals surface area contributed by atoms with Crippen LogP contribution in [0.3, 0.4) is 0 Å². The Kier molecular flexibility index (Phi) is 2.97. The number of aromatic carboxylic acids is 1. The molecule has 0 unspecified atom stereocenters. The summed E-state index contributed by atoms with van der Waals surface area (Å²) >= 11 is 5.68. The summed E-state index contributed by atoms with van der Waals surface area (Å²) in [4.78, 5) is 14.6. The number of ether oxygens (including phenoxy) is 1. The van der Waals surface area contributed by atoms with Gasteiger partial charge in [-0.05, 0) is 6.07 Å². The van der Waals surface area contributed by atoms with Crippen molar-refractivity contribution in [3.63, 3.8) is 0 Å². The number of rotatable bonds is 3. The average molecular weight is 254 g/mol. The second kappa shape index (κ2) is 4.42. The molecule has 0 aliphatic rings. The molecule has 1 N–H and O–H groups in total. The molecule has 2 aromatic heterocycles. The van der Waals surface area contributed by atoms with Gasteiger partial charge in [-0.1, -0.05) is 11.6 Å². The lowest BCUT2D eigenvalue weighted by Gasteiger charge is -2.03. The molecule has 2 rings (SSSR count). The number of hydrogen-bond acceptors (Lipinski definition) is 4. The van der Waals surface area contributed by atoms with Crippen molar-refractivity contribution < 1.29 is 14.6 Å². The van der Waals surface area contributed by atoms with Crippen molar-refractivity contribution in [2.45, 2.75) is 0 Å². The summed E-state index contributed by atoms with van der Waals surface area (Å²) in [6.07, 6.45) is 3.13. The normalized spacial score (nSPS) is 10.2. The fourth-order valence-electron chi connectivity index (χ4n) is 1.20. The predicted molar refractivity (Wildman–Crippen MR) is 59.5 cm³/mol. The topological polar surface area (TPSA) is 77.2 Å². The predicted octanol–water partition coefficient (Wildman–Crippen LogP) is 1.96. The fourth-order valence-corrected chi connectivity index (χ4v) is 1.39. The van der Waals surface area contributed by atoms with Gasteiger partial charge in [0.2, 0.25) is 5.88 Å². The lowest BCUT2D eigenvalue weighted by molar-refractivity contribution is 0.0690. The maximum absolute atomic E-state index is 10.8. The van der Waals surface area contributed by atoms with Gasteiger partial charge in [-0.25, -0.2) is 9.78 Å². The standard InChI is InChI=1S/C10H8ClN3O3/c1-14-5-6(4-12-14)17-8-3-2-7(11)9(13-8)10(15)16/h2-5H,1H3,(H,15,16). The summed E-state index contributed by atoms with van der Waals surface area (Å²) in [5.41, 5.74) is -0.243. The van der Waals surface area contributed by atoms with Crippen molar-refractivity contribution in [2.75, 3.05) is 0 Å². The molecular formula is C10H8ClN3O3. The molecule has 0 saturated heterocycles. The number of aryl methyl sites for hydroxylation is 1. The summed E-state index contributed by atoms with van der Waals surface area (Å²) in [6, 6.07) is 2.91. The van der Waals surface area contributed by atoms with Crippen LogP contribution in [0, 0.1) is 0 Å². The first kappa shape index (κ1) is 11.4. The molecule has 2 aromatic rings. The highest BCUT2D eigenvalue weighted by atomic mass is 35.5. The van der Waals surface area contributed by atoms with E-state index in [1.807, 2.05) is 0 Å². The molecule has 0 bridgehead atoms. The molecule has 0 radical (unpaired) electrons. The van der Waals surface area contributed by atoms with Crippen LogP contribution in [-0.4, -0.2) is 25.8 Å². The maximum atomic E-state index is 10.8. The van der Waals surface area contributed by atoms with Gasteiger partial charge in [0.05, 0.1) is 17.4 Å². The van der Waals surface area contributed by atoms with Crippen LogP contribution in [0.25, 0.3) is 0 Å². The van der Waals surface area contributed by atoms with E-state index in [4.69, 9.17) is 21.4 Å². The average Bonchev–Trinajstić information content (AvgIpc) is 2.66. The van der Waals surface area contributed by atoms with Crippen molar-refractivity contribution in [2.24, 2.45) is 7.05 Å². The first-order chi connectivity index (χ1) is 8.06. The minimum atomic E-state index is -1.20. The van der Waals surface area contributed by atoms with Crippen molar-refractivity contribution in [3.8, 4) is 11.6 Å². The van der Waals surface area contributed by atoms with Gasteiger partial charge in [0, 0.05) is 13.1 Å². The molecule has 0 atom stereocenters. The van der Waals surface area contributed by atoms with Crippen LogP contribution in [0.1, 0.15) is 10.5 Å². The van der Waals surface area contributed by atoms with Gasteiger partial charge < -0.3 is 9.84 Å². The highest BCUT2D eigenvalue weighted by molar-refractivity contribution is 6.33. The van der Waals surface area contributed by atoms with Crippen molar-refractivity contribution in [1.29, 1.82) is 0 Å². The van der Waals surface area contributed by atoms with Crippen LogP contribution in [0.5, 0.6) is 11.6 Å². The summed E-state index contributed by atoms with van der Waals surface area (Å²) < 4.78 is 6.89. The molecule has 0 saturated carbocycles. The molecule has 0 aromatic carbocycles. The zero-order valence-electron chi connectivity index (χ0n) is 8.79. The third kappa shape index (κ3) is 2.54. The second-order valence-electron chi connectivity index (χ2n) is 3.24. The number of hydrogen-bond donors (Lipinski definition) is 1. The third-order valence-corrected chi connectivity index (χ3v) is 2.23. The summed E-state index contributed by atoms with van der Waals surface area (Å²) in [5.74, 6) is -0.579. The number of carboxylic acids is 1. The number of halogens is 1. The van der Waals surface area contributed by atoms with Gasteiger partial charge in [-0.3, -0.25) is 4.68 Å². The van der Waals surface area contributed by atoms with Crippen molar-refractivity contribution in [1.82, 2.24) is 14.8 Å². The SMILES string of the molecule is Cn1cc(Oc2ccc(Cl)c(C(=O)O)n2)cn1. The second-order valence-corrected chi connectivity index (χ2v) is 3.64. The maximum Gasteiger partial charge on any atom is 0.356 e. The minimum absolute atomic E-state index is 0.0658. The van der Waals surface area contributed by atoms with Crippen LogP contribution in [0.4, 0.5) is 0 Å². The van der Waals surface area contributed by atoms with E-state index in [9.17, 15) is 4.79 Å². The van der Waals surface area contributed by atoms with E-state index in [1.54, 1.807) is 17.9 Å². The zero-order chi connectivity index (χ0) is 12.4. The molecule has 0 aliphatic heterocycles. The summed E-state index contributed by atoms with van der Waals surface area (Å²) in [6.45, 7) is 0. The first-order valence-electron chi connectivity index (χ1n) is 4.62. The molecule has 0 fully saturated rings. The Bertz CT molecular complexity index is 568. The Hall–Kier alpha value is -2.08. The number of carbonyl (C=O) groups is 1. The van der Waals surface area contributed by atoms with Crippen molar-refractivity contribution in [3.05, 3.63) is 35.2 Å². The van der Waals surface area contributed by atoms with Gasteiger partial charge in [0.15, 0.2) is 11.4 Å². The lowest BCUT2D eigenvalue weighted by Crippen LogP contribution is -2.02. The zero-order valence-corrected chi connectivity index (χ0v) is 9.55. The van der Waals surface area contributed by atoms with Gasteiger partial charge in [0.1, 0.15) is 0 Å². The van der Waals surface area contributed by atoms with E-state index in [2.05, 4.69) is 10.1 Å². The van der Waals surface area contributed by atoms with E-state index in [1.165, 1.54) is 18.3 Å². The molecule has 0 spiro atoms. The van der Waals surface area contributed by atoms with Crippen LogP contribution in [0.15, 0.2) is 24.5 Å². The fraction of sp³-hybridized carbons (Fsp3) is 0.100. The number of nitrogens with zero attached hydrogens (tertiary/aromatic N) is 3. The molecule has 0 aliphatic carbocycles. The number of pyridine rings is 1. The first-order valence-corrected chi connectivity index (χ1v) is 5.00. The summed E-state index contributed by atoms with van der Waals surface area (Å²) in [7, 11) is 1.74. The largest absolute Gasteiger partial charge is 0.476 e. The molecule has 17 heavy (non-hydrogen) atoms. The van der Waals surface area contributed by atoms with E-state index in [0.717, 1.165) is 0 Å². The molecule has 7 heteroatoms. The minimum Gasteiger partial charge on any atom is -0.476 e. The van der Waals surface area contributed by atoms with Gasteiger partial charge in [-0.15, -0.1) is 0 Å². The van der Waals surface area contributed by atoms with E-state index < -0.39 is 5.97 Å². The van der Waals surface area contributed by atoms with Crippen LogP contribution < -0.4 is 4.74 Å². The van der Waals surface area contributed by atoms with Gasteiger partial charge >= 0.3 is 5.97 Å². The number of aromatic nitrogens is 3. The molecule has 0 amide bonds. The Morgan fingerprint density at radius 1 is 1.53 bits per heavy atom. The smallest absolute Gasteiger partial charge is 0.356 e. The molecule has 88 valence electrons. The van der Waals surface area contributed by atoms with Crippen LogP contribution in [-0.2, 0) is 7.05 Å². The summed E-state index contributed by atoms with van der Waals surface area (Å²) in [5, 5.41) is 12.8. The van der Waals surface area contributed by atoms with Crippen molar-refractivity contribution >= 4 is 17.6 Å². The molecular weight excluding hydrogens is 246 g/mol. The Labute approximate surface area is 101 Å². The Morgan fingerprint density at radius 3 is 2.88 bits per heavy atom. The third-order valence-electron chi connectivity index (χ3n) is 1.93. The van der Waals surface area contributed by atoms with E-state index in [0.29, 0.717) is 5.75 Å². The highest BCUT2D eigenvalue weighted by Crippen LogP contribution is 2.22. The number of carboxylic acid groups (broad SMARTS) is 1. The van der Waals surface area contributed by atoms with E-state index in [-0.39, 0.29) is 16.6 Å². The lowest BCUT2D eigenvalue weighted by atomic mass is 10.3. The molecule has 6 nitrogen and oxygen atoms in total. The Morgan fingerprint density at radius 2 is 2.29 bits per heavy atom. The Balaban J connectivity index is 2.28. The van der Waals surface area contributed by atoms with E-state index >= 15 is 0 Å². The van der Waals surface area contributed by atoms with Crippen LogP contribution in [0.2, 0.25) is 5.02 Å². The molecule has 2 heterocycles. The van der Waals surface area contributed by atoms with Gasteiger partial charge in [0.25, 0.3) is 0 Å². The highest BCUT2D eigenvalue weighted by Gasteiger charge is 2.12. The van der Waals surface area contributed by atoms with Gasteiger partial charge in [-0.2, -0.15) is 5.10 Å². The monoisotopic (exact) mass is 253 g/mol. The van der Waals surface area contributed by atoms with Crippen LogP contribution >= 0.6 is 11.6 Å².